The van der Waals surface area contributed by atoms with Gasteiger partial charge in [-0.05, 0) is 48.6 Å². The number of nitrogens with one attached hydrogen (secondary N) is 1. The zero-order chi connectivity index (χ0) is 22.4. The maximum Gasteiger partial charge on any atom is 0.321 e. The van der Waals surface area contributed by atoms with Crippen molar-refractivity contribution in [3.63, 3.8) is 0 Å². The van der Waals surface area contributed by atoms with E-state index in [2.05, 4.69) is 11.4 Å². The quantitative estimate of drug-likeness (QED) is 0.564. The van der Waals surface area contributed by atoms with Crippen LogP contribution in [0, 0.1) is 5.41 Å². The van der Waals surface area contributed by atoms with Crippen molar-refractivity contribution in [2.75, 3.05) is 32.1 Å². The number of carbonyl (C=O) groups excluding carboxylic acids is 1. The van der Waals surface area contributed by atoms with Crippen LogP contribution >= 0.6 is 0 Å². The van der Waals surface area contributed by atoms with Gasteiger partial charge in [0.05, 0.1) is 12.8 Å². The molecule has 3 aromatic rings. The Hall–Kier alpha value is -3.31. The van der Waals surface area contributed by atoms with Crippen molar-refractivity contribution in [2.45, 2.75) is 19.3 Å². The molecule has 0 saturated carbocycles. The average Bonchev–Trinajstić information content (AvgIpc) is 2.85. The molecule has 1 aliphatic heterocycles. The lowest BCUT2D eigenvalue weighted by Crippen LogP contribution is -2.47. The summed E-state index contributed by atoms with van der Waals surface area (Å²) in [6.07, 6.45) is 2.29. The predicted molar refractivity (Wildman–Crippen MR) is 128 cm³/mol. The fourth-order valence-corrected chi connectivity index (χ4v) is 4.45. The summed E-state index contributed by atoms with van der Waals surface area (Å²) >= 11 is 0. The maximum absolute atomic E-state index is 13.0. The van der Waals surface area contributed by atoms with Gasteiger partial charge in [0.15, 0.2) is 0 Å². The van der Waals surface area contributed by atoms with Gasteiger partial charge in [0.1, 0.15) is 5.75 Å². The molecule has 0 spiro atoms. The number of aliphatic hydroxyl groups excluding tert-OH is 1. The number of aliphatic hydroxyl groups is 1. The van der Waals surface area contributed by atoms with Gasteiger partial charge in [0, 0.05) is 30.7 Å². The number of piperidine rings is 1. The number of hydrogen-bond donors (Lipinski definition) is 2. The van der Waals surface area contributed by atoms with Crippen LogP contribution in [0.25, 0.3) is 11.1 Å². The number of hydrogen-bond acceptors (Lipinski definition) is 3. The molecule has 32 heavy (non-hydrogen) atoms. The highest BCUT2D eigenvalue weighted by atomic mass is 16.5. The molecule has 1 fully saturated rings. The molecule has 5 heteroatoms. The first kappa shape index (κ1) is 21.9. The van der Waals surface area contributed by atoms with Crippen LogP contribution in [0.2, 0.25) is 0 Å². The van der Waals surface area contributed by atoms with Crippen molar-refractivity contribution in [3.8, 4) is 16.9 Å². The molecule has 5 nitrogen and oxygen atoms in total. The molecule has 4 rings (SSSR count). The monoisotopic (exact) mass is 430 g/mol. The van der Waals surface area contributed by atoms with Crippen molar-refractivity contribution in [3.05, 3.63) is 84.4 Å². The second-order valence-corrected chi connectivity index (χ2v) is 8.52. The highest BCUT2D eigenvalue weighted by Crippen LogP contribution is 2.36. The summed E-state index contributed by atoms with van der Waals surface area (Å²) in [7, 11) is 1.66. The van der Waals surface area contributed by atoms with Crippen LogP contribution in [0.1, 0.15) is 18.4 Å². The molecule has 2 N–H and O–H groups in total. The summed E-state index contributed by atoms with van der Waals surface area (Å²) in [6, 6.07) is 25.8. The number of urea groups is 1. The Morgan fingerprint density at radius 3 is 2.44 bits per heavy atom. The summed E-state index contributed by atoms with van der Waals surface area (Å²) < 4.78 is 5.33. The van der Waals surface area contributed by atoms with Crippen molar-refractivity contribution in [1.82, 2.24) is 4.90 Å². The van der Waals surface area contributed by atoms with Crippen molar-refractivity contribution < 1.29 is 14.6 Å². The maximum atomic E-state index is 13.0. The number of benzene rings is 3. The summed E-state index contributed by atoms with van der Waals surface area (Å²) in [5.41, 5.74) is 3.80. The average molecular weight is 431 g/mol. The van der Waals surface area contributed by atoms with E-state index >= 15 is 0 Å². The van der Waals surface area contributed by atoms with Crippen molar-refractivity contribution >= 4 is 11.7 Å². The summed E-state index contributed by atoms with van der Waals surface area (Å²) in [5.74, 6) is 0.824. The Kier molecular flexibility index (Phi) is 6.76. The Labute approximate surface area is 189 Å². The van der Waals surface area contributed by atoms with Gasteiger partial charge in [-0.15, -0.1) is 0 Å². The molecule has 0 aliphatic carbocycles. The van der Waals surface area contributed by atoms with Gasteiger partial charge in [0.25, 0.3) is 0 Å². The standard InChI is InChI=1S/C27H30N2O3/c1-32-23-11-7-8-21(18-23)19-27(20-30)14-16-29(17-15-27)26(31)28-25-13-6-5-12-24(25)22-9-3-2-4-10-22/h2-13,18,30H,14-17,19-20H2,1H3,(H,28,31). The minimum atomic E-state index is -0.217. The first-order valence-electron chi connectivity index (χ1n) is 11.1. The molecule has 0 radical (unpaired) electrons. The molecule has 0 atom stereocenters. The molecule has 1 heterocycles. The van der Waals surface area contributed by atoms with Gasteiger partial charge in [-0.3, -0.25) is 0 Å². The molecule has 3 aromatic carbocycles. The van der Waals surface area contributed by atoms with Crippen molar-refractivity contribution in [2.24, 2.45) is 5.41 Å². The van der Waals surface area contributed by atoms with E-state index in [0.717, 1.165) is 47.4 Å². The van der Waals surface area contributed by atoms with E-state index in [9.17, 15) is 9.90 Å². The minimum absolute atomic E-state index is 0.0960. The highest BCUT2D eigenvalue weighted by Gasteiger charge is 2.35. The van der Waals surface area contributed by atoms with Crippen LogP contribution in [0.3, 0.4) is 0 Å². The minimum Gasteiger partial charge on any atom is -0.497 e. The number of methoxy groups -OCH3 is 1. The molecule has 2 amide bonds. The molecular weight excluding hydrogens is 400 g/mol. The topological polar surface area (TPSA) is 61.8 Å². The molecule has 1 aliphatic rings. The Morgan fingerprint density at radius 1 is 1.00 bits per heavy atom. The second kappa shape index (κ2) is 9.88. The largest absolute Gasteiger partial charge is 0.497 e. The first-order valence-corrected chi connectivity index (χ1v) is 11.1. The third-order valence-corrected chi connectivity index (χ3v) is 6.41. The number of para-hydroxylation sites is 1. The number of amides is 2. The van der Waals surface area contributed by atoms with Gasteiger partial charge in [0.2, 0.25) is 0 Å². The molecular formula is C27H30N2O3. The summed E-state index contributed by atoms with van der Waals surface area (Å²) in [4.78, 5) is 14.9. The van der Waals surface area contributed by atoms with Gasteiger partial charge in [-0.25, -0.2) is 4.79 Å². The highest BCUT2D eigenvalue weighted by molar-refractivity contribution is 5.94. The summed E-state index contributed by atoms with van der Waals surface area (Å²) in [6.45, 7) is 1.34. The number of anilines is 1. The van der Waals surface area contributed by atoms with E-state index in [0.29, 0.717) is 13.1 Å². The third-order valence-electron chi connectivity index (χ3n) is 6.41. The van der Waals surface area contributed by atoms with Gasteiger partial charge < -0.3 is 20.1 Å². The Bertz CT molecular complexity index is 1040. The first-order chi connectivity index (χ1) is 15.6. The number of ether oxygens (including phenoxy) is 1. The van der Waals surface area contributed by atoms with E-state index in [4.69, 9.17) is 4.74 Å². The van der Waals surface area contributed by atoms with Crippen LogP contribution in [0.15, 0.2) is 78.9 Å². The Morgan fingerprint density at radius 2 is 1.72 bits per heavy atom. The Balaban J connectivity index is 1.41. The zero-order valence-electron chi connectivity index (χ0n) is 18.5. The number of nitrogens with zero attached hydrogens (tertiary/aromatic N) is 1. The number of rotatable bonds is 6. The van der Waals surface area contributed by atoms with E-state index in [1.807, 2.05) is 77.7 Å². The third kappa shape index (κ3) is 4.94. The van der Waals surface area contributed by atoms with Gasteiger partial charge in [-0.2, -0.15) is 0 Å². The van der Waals surface area contributed by atoms with Gasteiger partial charge in [-0.1, -0.05) is 60.7 Å². The van der Waals surface area contributed by atoms with E-state index < -0.39 is 0 Å². The molecule has 0 bridgehead atoms. The smallest absolute Gasteiger partial charge is 0.321 e. The normalized spacial score (nSPS) is 15.2. The predicted octanol–water partition coefficient (Wildman–Crippen LogP) is 5.21. The second-order valence-electron chi connectivity index (χ2n) is 8.52. The SMILES string of the molecule is COc1cccc(CC2(CO)CCN(C(=O)Nc3ccccc3-c3ccccc3)CC2)c1. The lowest BCUT2D eigenvalue weighted by molar-refractivity contribution is 0.0575. The molecule has 1 saturated heterocycles. The van der Waals surface area contributed by atoms with E-state index in [1.165, 1.54) is 0 Å². The van der Waals surface area contributed by atoms with Crippen molar-refractivity contribution in [1.29, 1.82) is 0 Å². The van der Waals surface area contributed by atoms with E-state index in [1.54, 1.807) is 7.11 Å². The molecule has 166 valence electrons. The lowest BCUT2D eigenvalue weighted by atomic mass is 9.74. The van der Waals surface area contributed by atoms with Crippen LogP contribution in [0.5, 0.6) is 5.75 Å². The number of likely N-dealkylation sites (tertiary alicyclic amines) is 1. The lowest BCUT2D eigenvalue weighted by Gasteiger charge is -2.41. The fraction of sp³-hybridized carbons (Fsp3) is 0.296. The van der Waals surface area contributed by atoms with Crippen LogP contribution in [0.4, 0.5) is 10.5 Å². The molecule has 0 aromatic heterocycles. The van der Waals surface area contributed by atoms with Crippen LogP contribution in [-0.2, 0) is 6.42 Å². The fourth-order valence-electron chi connectivity index (χ4n) is 4.45. The molecule has 0 unspecified atom stereocenters. The van der Waals surface area contributed by atoms with Crippen LogP contribution in [-0.4, -0.2) is 42.8 Å². The van der Waals surface area contributed by atoms with Crippen LogP contribution < -0.4 is 10.1 Å². The number of carbonyl (C=O) groups is 1. The zero-order valence-corrected chi connectivity index (χ0v) is 18.5. The van der Waals surface area contributed by atoms with E-state index in [-0.39, 0.29) is 18.1 Å². The summed E-state index contributed by atoms with van der Waals surface area (Å²) in [5, 5.41) is 13.3. The van der Waals surface area contributed by atoms with Gasteiger partial charge >= 0.3 is 6.03 Å².